The second kappa shape index (κ2) is 11.3. The summed E-state index contributed by atoms with van der Waals surface area (Å²) in [5.74, 6) is 0.373. The normalized spacial score (nSPS) is 15.4. The molecule has 3 aromatic rings. The van der Waals surface area contributed by atoms with Crippen LogP contribution < -0.4 is 0 Å². The highest BCUT2D eigenvalue weighted by molar-refractivity contribution is 9.10. The predicted molar refractivity (Wildman–Crippen MR) is 128 cm³/mol. The molecule has 1 aromatic heterocycles. The van der Waals surface area contributed by atoms with Crippen LogP contribution in [0.25, 0.3) is 0 Å². The van der Waals surface area contributed by atoms with Gasteiger partial charge in [0, 0.05) is 29.7 Å². The third-order valence-electron chi connectivity index (χ3n) is 5.63. The lowest BCUT2D eigenvalue weighted by Crippen LogP contribution is -2.45. The molecule has 0 N–H and O–H groups in total. The average Bonchev–Trinajstić information content (AvgIpc) is 3.53. The Morgan fingerprint density at radius 1 is 0.970 bits per heavy atom. The van der Waals surface area contributed by atoms with Crippen LogP contribution in [0.2, 0.25) is 0 Å². The van der Waals surface area contributed by atoms with Crippen LogP contribution >= 0.6 is 15.9 Å². The molecule has 0 spiro atoms. The van der Waals surface area contributed by atoms with Gasteiger partial charge in [0.25, 0.3) is 5.91 Å². The maximum absolute atomic E-state index is 13.5. The Labute approximate surface area is 202 Å². The molecule has 0 aliphatic carbocycles. The number of nitrogens with zero attached hydrogens (tertiary/aromatic N) is 2. The fraction of sp³-hybridized carbons (Fsp3) is 0.308. The third kappa shape index (κ3) is 6.55. The first-order valence-corrected chi connectivity index (χ1v) is 11.9. The van der Waals surface area contributed by atoms with Crippen molar-refractivity contribution in [3.8, 4) is 0 Å². The summed E-state index contributed by atoms with van der Waals surface area (Å²) in [5, 5.41) is 0. The number of hydrogen-bond donors (Lipinski definition) is 0. The molecular weight excluding hydrogens is 484 g/mol. The second-order valence-corrected chi connectivity index (χ2v) is 9.06. The zero-order chi connectivity index (χ0) is 23.0. The molecule has 1 aliphatic heterocycles. The molecule has 6 nitrogen and oxygen atoms in total. The van der Waals surface area contributed by atoms with Crippen LogP contribution in [0.1, 0.15) is 34.5 Å². The largest absolute Gasteiger partial charge is 0.467 e. The zero-order valence-corrected chi connectivity index (χ0v) is 19.9. The fourth-order valence-electron chi connectivity index (χ4n) is 3.95. The van der Waals surface area contributed by atoms with Crippen molar-refractivity contribution < 1.29 is 18.7 Å². The molecule has 4 rings (SSSR count). The van der Waals surface area contributed by atoms with Crippen molar-refractivity contribution in [3.63, 3.8) is 0 Å². The number of hydrogen-bond acceptors (Lipinski definition) is 4. The summed E-state index contributed by atoms with van der Waals surface area (Å²) in [6.45, 7) is 1.81. The number of carbonyl (C=O) groups is 2. The molecular formula is C26H27BrN2O4. The van der Waals surface area contributed by atoms with Gasteiger partial charge in [0.15, 0.2) is 0 Å². The van der Waals surface area contributed by atoms with E-state index >= 15 is 0 Å². The molecule has 1 atom stereocenters. The second-order valence-electron chi connectivity index (χ2n) is 8.15. The van der Waals surface area contributed by atoms with E-state index in [1.807, 2.05) is 48.5 Å². The topological polar surface area (TPSA) is 63.0 Å². The molecule has 1 saturated heterocycles. The van der Waals surface area contributed by atoms with Crippen molar-refractivity contribution in [1.82, 2.24) is 9.80 Å². The van der Waals surface area contributed by atoms with Gasteiger partial charge in [-0.1, -0.05) is 52.3 Å². The molecule has 0 saturated carbocycles. The van der Waals surface area contributed by atoms with Gasteiger partial charge in [0.1, 0.15) is 12.3 Å². The summed E-state index contributed by atoms with van der Waals surface area (Å²) in [5.41, 5.74) is 1.55. The quantitative estimate of drug-likeness (QED) is 0.411. The van der Waals surface area contributed by atoms with Gasteiger partial charge >= 0.3 is 0 Å². The Morgan fingerprint density at radius 2 is 1.82 bits per heavy atom. The molecule has 1 aliphatic rings. The summed E-state index contributed by atoms with van der Waals surface area (Å²) in [6.07, 6.45) is 3.40. The lowest BCUT2D eigenvalue weighted by Gasteiger charge is -2.29. The van der Waals surface area contributed by atoms with E-state index in [9.17, 15) is 9.59 Å². The van der Waals surface area contributed by atoms with E-state index in [2.05, 4.69) is 15.9 Å². The van der Waals surface area contributed by atoms with Crippen molar-refractivity contribution >= 4 is 27.7 Å². The highest BCUT2D eigenvalue weighted by Crippen LogP contribution is 2.19. The van der Waals surface area contributed by atoms with Gasteiger partial charge in [-0.3, -0.25) is 9.59 Å². The number of benzene rings is 2. The van der Waals surface area contributed by atoms with Crippen LogP contribution in [-0.4, -0.2) is 47.4 Å². The Balaban J connectivity index is 1.54. The number of rotatable bonds is 9. The van der Waals surface area contributed by atoms with E-state index in [1.165, 1.54) is 0 Å². The SMILES string of the molecule is O=C(CN(CC1CCCO1)C(=O)c1cccc(Br)c1)N(Cc1ccccc1)Cc1ccco1. The highest BCUT2D eigenvalue weighted by atomic mass is 79.9. The Morgan fingerprint density at radius 3 is 2.52 bits per heavy atom. The number of ether oxygens (including phenoxy) is 1. The maximum atomic E-state index is 13.5. The molecule has 2 heterocycles. The lowest BCUT2D eigenvalue weighted by molar-refractivity contribution is -0.133. The molecule has 33 heavy (non-hydrogen) atoms. The standard InChI is InChI=1S/C26H27BrN2O4/c27-22-10-4-9-21(15-22)26(31)29(18-24-12-6-14-33-24)19-25(30)28(17-23-11-5-13-32-23)16-20-7-2-1-3-8-20/h1-5,7-11,13,15,24H,6,12,14,16-19H2. The van der Waals surface area contributed by atoms with Crippen molar-refractivity contribution in [2.24, 2.45) is 0 Å². The van der Waals surface area contributed by atoms with Gasteiger partial charge in [-0.25, -0.2) is 0 Å². The zero-order valence-electron chi connectivity index (χ0n) is 18.4. The maximum Gasteiger partial charge on any atom is 0.254 e. The number of halogens is 1. The van der Waals surface area contributed by atoms with Gasteiger partial charge in [-0.05, 0) is 48.7 Å². The van der Waals surface area contributed by atoms with Crippen molar-refractivity contribution in [3.05, 3.63) is 94.4 Å². The van der Waals surface area contributed by atoms with Crippen LogP contribution in [-0.2, 0) is 22.6 Å². The molecule has 1 fully saturated rings. The van der Waals surface area contributed by atoms with Crippen molar-refractivity contribution in [2.75, 3.05) is 19.7 Å². The summed E-state index contributed by atoms with van der Waals surface area (Å²) in [6, 6.07) is 20.7. The molecule has 7 heteroatoms. The molecule has 0 bridgehead atoms. The number of furan rings is 1. The summed E-state index contributed by atoms with van der Waals surface area (Å²) in [7, 11) is 0. The minimum atomic E-state index is -0.183. The van der Waals surface area contributed by atoms with Gasteiger partial charge < -0.3 is 19.0 Å². The van der Waals surface area contributed by atoms with E-state index in [0.29, 0.717) is 37.6 Å². The minimum absolute atomic E-state index is 0.0290. The first-order chi connectivity index (χ1) is 16.1. The Bertz CT molecular complexity index is 1050. The van der Waals surface area contributed by atoms with E-state index in [4.69, 9.17) is 9.15 Å². The summed E-state index contributed by atoms with van der Waals surface area (Å²) >= 11 is 3.43. The van der Waals surface area contributed by atoms with Crippen LogP contribution in [0.5, 0.6) is 0 Å². The molecule has 1 unspecified atom stereocenters. The number of amides is 2. The molecule has 2 amide bonds. The molecule has 2 aromatic carbocycles. The van der Waals surface area contributed by atoms with Gasteiger partial charge in [-0.15, -0.1) is 0 Å². The minimum Gasteiger partial charge on any atom is -0.467 e. The van der Waals surface area contributed by atoms with Gasteiger partial charge in [-0.2, -0.15) is 0 Å². The summed E-state index contributed by atoms with van der Waals surface area (Å²) < 4.78 is 12.1. The first kappa shape index (κ1) is 23.3. The van der Waals surface area contributed by atoms with Gasteiger partial charge in [0.05, 0.1) is 18.9 Å². The predicted octanol–water partition coefficient (Wildman–Crippen LogP) is 4.89. The summed E-state index contributed by atoms with van der Waals surface area (Å²) in [4.78, 5) is 30.2. The van der Waals surface area contributed by atoms with Crippen LogP contribution in [0.4, 0.5) is 0 Å². The van der Waals surface area contributed by atoms with Crippen LogP contribution in [0.15, 0.2) is 81.9 Å². The Kier molecular flexibility index (Phi) is 7.96. The fourth-order valence-corrected chi connectivity index (χ4v) is 4.35. The lowest BCUT2D eigenvalue weighted by atomic mass is 10.1. The highest BCUT2D eigenvalue weighted by Gasteiger charge is 2.27. The molecule has 172 valence electrons. The first-order valence-electron chi connectivity index (χ1n) is 11.1. The smallest absolute Gasteiger partial charge is 0.254 e. The van der Waals surface area contributed by atoms with E-state index < -0.39 is 0 Å². The van der Waals surface area contributed by atoms with E-state index in [1.54, 1.807) is 34.3 Å². The average molecular weight is 511 g/mol. The molecule has 0 radical (unpaired) electrons. The third-order valence-corrected chi connectivity index (χ3v) is 6.12. The van der Waals surface area contributed by atoms with E-state index in [0.717, 1.165) is 22.9 Å². The van der Waals surface area contributed by atoms with Crippen LogP contribution in [0.3, 0.4) is 0 Å². The van der Waals surface area contributed by atoms with Gasteiger partial charge in [0.2, 0.25) is 5.91 Å². The van der Waals surface area contributed by atoms with Crippen LogP contribution in [0, 0.1) is 0 Å². The van der Waals surface area contributed by atoms with Crippen molar-refractivity contribution in [1.29, 1.82) is 0 Å². The van der Waals surface area contributed by atoms with E-state index in [-0.39, 0.29) is 24.5 Å². The Hall–Kier alpha value is -2.90. The number of carbonyl (C=O) groups excluding carboxylic acids is 2. The monoisotopic (exact) mass is 510 g/mol. The van der Waals surface area contributed by atoms with Crippen molar-refractivity contribution in [2.45, 2.75) is 32.0 Å².